The molecule has 3 aromatic rings. The maximum absolute atomic E-state index is 13.4. The maximum atomic E-state index is 13.4. The van der Waals surface area contributed by atoms with Crippen LogP contribution in [0.1, 0.15) is 5.56 Å². The molecule has 2 heterocycles. The van der Waals surface area contributed by atoms with Crippen molar-refractivity contribution < 1.29 is 22.4 Å². The van der Waals surface area contributed by atoms with E-state index >= 15 is 0 Å². The molecule has 0 atom stereocenters. The summed E-state index contributed by atoms with van der Waals surface area (Å²) in [5.74, 6) is -0.755. The molecule has 1 saturated heterocycles. The second kappa shape index (κ2) is 9.22. The van der Waals surface area contributed by atoms with Gasteiger partial charge in [-0.25, -0.2) is 9.18 Å². The molecule has 2 amide bonds. The van der Waals surface area contributed by atoms with Crippen LogP contribution >= 0.6 is 11.6 Å². The number of aromatic nitrogens is 2. The second-order valence-electron chi connectivity index (χ2n) is 7.35. The van der Waals surface area contributed by atoms with Crippen molar-refractivity contribution in [2.45, 2.75) is 6.18 Å². The monoisotopic (exact) mass is 479 g/mol. The van der Waals surface area contributed by atoms with Crippen LogP contribution in [-0.2, 0) is 6.18 Å². The Bertz CT molecular complexity index is 1150. The predicted octanol–water partition coefficient (Wildman–Crippen LogP) is 5.31. The molecular formula is C22H18ClF4N5O. The molecule has 1 fully saturated rings. The van der Waals surface area contributed by atoms with E-state index in [-0.39, 0.29) is 5.69 Å². The van der Waals surface area contributed by atoms with Gasteiger partial charge in [0.05, 0.1) is 16.3 Å². The summed E-state index contributed by atoms with van der Waals surface area (Å²) < 4.78 is 52.1. The fourth-order valence-electron chi connectivity index (χ4n) is 3.47. The first-order valence-corrected chi connectivity index (χ1v) is 10.4. The number of amides is 2. The van der Waals surface area contributed by atoms with Gasteiger partial charge in [0.25, 0.3) is 0 Å². The molecule has 0 bridgehead atoms. The third kappa shape index (κ3) is 5.16. The summed E-state index contributed by atoms with van der Waals surface area (Å²) in [6.45, 7) is 1.58. The van der Waals surface area contributed by atoms with Gasteiger partial charge in [-0.3, -0.25) is 0 Å². The lowest BCUT2D eigenvalue weighted by Gasteiger charge is -2.35. The Labute approximate surface area is 191 Å². The summed E-state index contributed by atoms with van der Waals surface area (Å²) in [5.41, 5.74) is -0.143. The van der Waals surface area contributed by atoms with E-state index in [0.717, 1.165) is 11.6 Å². The Morgan fingerprint density at radius 1 is 0.970 bits per heavy atom. The van der Waals surface area contributed by atoms with Gasteiger partial charge in [0.2, 0.25) is 0 Å². The molecule has 172 valence electrons. The number of benzene rings is 2. The number of hydrogen-bond acceptors (Lipinski definition) is 4. The van der Waals surface area contributed by atoms with Crippen molar-refractivity contribution in [2.24, 2.45) is 0 Å². The fourth-order valence-corrected chi connectivity index (χ4v) is 3.70. The summed E-state index contributed by atoms with van der Waals surface area (Å²) in [6.07, 6.45) is -4.85. The van der Waals surface area contributed by atoms with Crippen molar-refractivity contribution in [1.82, 2.24) is 15.1 Å². The van der Waals surface area contributed by atoms with Crippen molar-refractivity contribution in [3.63, 3.8) is 0 Å². The Morgan fingerprint density at radius 3 is 2.33 bits per heavy atom. The summed E-state index contributed by atoms with van der Waals surface area (Å²) in [4.78, 5) is 15.9. The first-order chi connectivity index (χ1) is 15.7. The highest BCUT2D eigenvalue weighted by Crippen LogP contribution is 2.33. The number of nitrogens with zero attached hydrogens (tertiary/aromatic N) is 4. The molecule has 0 saturated carbocycles. The van der Waals surface area contributed by atoms with E-state index in [1.54, 1.807) is 6.07 Å². The third-order valence-electron chi connectivity index (χ3n) is 5.21. The van der Waals surface area contributed by atoms with Gasteiger partial charge in [0.1, 0.15) is 5.82 Å². The molecule has 11 heteroatoms. The number of rotatable bonds is 3. The topological polar surface area (TPSA) is 61.4 Å². The van der Waals surface area contributed by atoms with Gasteiger partial charge in [-0.15, -0.1) is 10.2 Å². The quantitative estimate of drug-likeness (QED) is 0.517. The molecule has 0 spiro atoms. The Kier molecular flexibility index (Phi) is 6.37. The van der Waals surface area contributed by atoms with Gasteiger partial charge in [0, 0.05) is 37.4 Å². The minimum atomic E-state index is -4.85. The van der Waals surface area contributed by atoms with E-state index in [2.05, 4.69) is 15.5 Å². The van der Waals surface area contributed by atoms with Crippen molar-refractivity contribution in [3.05, 3.63) is 71.0 Å². The highest BCUT2D eigenvalue weighted by molar-refractivity contribution is 6.33. The molecule has 33 heavy (non-hydrogen) atoms. The maximum Gasteiger partial charge on any atom is 0.419 e. The Hall–Kier alpha value is -3.40. The van der Waals surface area contributed by atoms with Crippen LogP contribution in [0.15, 0.2) is 54.6 Å². The Balaban J connectivity index is 1.36. The lowest BCUT2D eigenvalue weighted by molar-refractivity contribution is -0.139. The summed E-state index contributed by atoms with van der Waals surface area (Å²) in [6, 6.07) is 12.7. The molecule has 0 aliphatic carbocycles. The van der Waals surface area contributed by atoms with E-state index in [1.807, 2.05) is 35.2 Å². The van der Waals surface area contributed by atoms with Gasteiger partial charge < -0.3 is 15.1 Å². The lowest BCUT2D eigenvalue weighted by Crippen LogP contribution is -2.50. The van der Waals surface area contributed by atoms with Crippen molar-refractivity contribution in [2.75, 3.05) is 36.4 Å². The smallest absolute Gasteiger partial charge is 0.352 e. The average Bonchev–Trinajstić information content (AvgIpc) is 2.80. The van der Waals surface area contributed by atoms with E-state index in [1.165, 1.54) is 4.90 Å². The van der Waals surface area contributed by atoms with Crippen LogP contribution in [0.3, 0.4) is 0 Å². The van der Waals surface area contributed by atoms with Crippen LogP contribution in [0, 0.1) is 5.82 Å². The van der Waals surface area contributed by atoms with Crippen LogP contribution in [0.25, 0.3) is 11.3 Å². The van der Waals surface area contributed by atoms with Gasteiger partial charge >= 0.3 is 12.2 Å². The van der Waals surface area contributed by atoms with E-state index in [9.17, 15) is 22.4 Å². The lowest BCUT2D eigenvalue weighted by atomic mass is 10.1. The highest BCUT2D eigenvalue weighted by atomic mass is 35.5. The van der Waals surface area contributed by atoms with E-state index in [0.29, 0.717) is 54.8 Å². The molecule has 4 rings (SSSR count). The number of carbonyl (C=O) groups is 1. The normalized spacial score (nSPS) is 14.3. The van der Waals surface area contributed by atoms with E-state index < -0.39 is 23.6 Å². The SMILES string of the molecule is O=C(Nc1ccc(F)c(C(F)(F)F)c1)N1CCN(c2ccc(-c3ccccc3Cl)nn2)CC1. The molecule has 1 aliphatic heterocycles. The number of carbonyl (C=O) groups excluding carboxylic acids is 1. The summed E-state index contributed by atoms with van der Waals surface area (Å²) in [7, 11) is 0. The molecule has 6 nitrogen and oxygen atoms in total. The van der Waals surface area contributed by atoms with Gasteiger partial charge in [-0.05, 0) is 36.4 Å². The largest absolute Gasteiger partial charge is 0.419 e. The summed E-state index contributed by atoms with van der Waals surface area (Å²) in [5, 5.41) is 11.5. The fraction of sp³-hybridized carbons (Fsp3) is 0.227. The molecule has 2 aromatic carbocycles. The molecule has 1 aromatic heterocycles. The standard InChI is InChI=1S/C22H18ClF4N5O/c23-17-4-2-1-3-15(17)19-7-8-20(30-29-19)31-9-11-32(12-10-31)21(33)28-14-5-6-18(24)16(13-14)22(25,26)27/h1-8,13H,9-12H2,(H,28,33). The van der Waals surface area contributed by atoms with Crippen LogP contribution in [-0.4, -0.2) is 47.3 Å². The number of halogens is 5. The number of urea groups is 1. The summed E-state index contributed by atoms with van der Waals surface area (Å²) >= 11 is 6.19. The minimum absolute atomic E-state index is 0.128. The van der Waals surface area contributed by atoms with Gasteiger partial charge in [0.15, 0.2) is 5.82 Å². The number of hydrogen-bond donors (Lipinski definition) is 1. The zero-order valence-corrected chi connectivity index (χ0v) is 17.9. The average molecular weight is 480 g/mol. The number of piperazine rings is 1. The van der Waals surface area contributed by atoms with Gasteiger partial charge in [-0.2, -0.15) is 13.2 Å². The zero-order chi connectivity index (χ0) is 23.6. The number of nitrogens with one attached hydrogen (secondary N) is 1. The van der Waals surface area contributed by atoms with E-state index in [4.69, 9.17) is 11.6 Å². The third-order valence-corrected chi connectivity index (χ3v) is 5.54. The predicted molar refractivity (Wildman–Crippen MR) is 117 cm³/mol. The van der Waals surface area contributed by atoms with Crippen molar-refractivity contribution in [1.29, 1.82) is 0 Å². The van der Waals surface area contributed by atoms with Crippen LogP contribution < -0.4 is 10.2 Å². The first kappa shape index (κ1) is 22.8. The molecule has 0 radical (unpaired) electrons. The molecule has 0 unspecified atom stereocenters. The molecule has 1 aliphatic rings. The highest BCUT2D eigenvalue weighted by Gasteiger charge is 2.34. The van der Waals surface area contributed by atoms with Gasteiger partial charge in [-0.1, -0.05) is 29.8 Å². The number of alkyl halides is 3. The molecule has 1 N–H and O–H groups in total. The zero-order valence-electron chi connectivity index (χ0n) is 17.1. The van der Waals surface area contributed by atoms with Crippen LogP contribution in [0.2, 0.25) is 5.02 Å². The minimum Gasteiger partial charge on any atom is -0.352 e. The Morgan fingerprint density at radius 2 is 1.70 bits per heavy atom. The number of anilines is 2. The second-order valence-corrected chi connectivity index (χ2v) is 7.76. The van der Waals surface area contributed by atoms with Crippen LogP contribution in [0.4, 0.5) is 33.9 Å². The molecular weight excluding hydrogens is 462 g/mol. The first-order valence-electron chi connectivity index (χ1n) is 9.98. The van der Waals surface area contributed by atoms with Crippen LogP contribution in [0.5, 0.6) is 0 Å². The van der Waals surface area contributed by atoms with Crippen molar-refractivity contribution in [3.8, 4) is 11.3 Å². The van der Waals surface area contributed by atoms with Crippen molar-refractivity contribution >= 4 is 29.1 Å².